The van der Waals surface area contributed by atoms with Crippen LogP contribution in [-0.2, 0) is 11.3 Å². The van der Waals surface area contributed by atoms with E-state index < -0.39 is 23.5 Å². The highest BCUT2D eigenvalue weighted by molar-refractivity contribution is 8.00. The minimum absolute atomic E-state index is 0.0104. The molecular weight excluding hydrogens is 489 g/mol. The van der Waals surface area contributed by atoms with Crippen LogP contribution in [-0.4, -0.2) is 46.5 Å². The fourth-order valence-electron chi connectivity index (χ4n) is 4.92. The number of alkyl halides is 3. The monoisotopic (exact) mass is 514 g/mol. The number of thioether (sulfide) groups is 1. The Labute approximate surface area is 211 Å². The molecule has 0 bridgehead atoms. The van der Waals surface area contributed by atoms with Gasteiger partial charge in [-0.1, -0.05) is 6.07 Å². The predicted octanol–water partition coefficient (Wildman–Crippen LogP) is 6.19. The zero-order valence-electron chi connectivity index (χ0n) is 19.7. The van der Waals surface area contributed by atoms with E-state index in [2.05, 4.69) is 16.0 Å². The third kappa shape index (κ3) is 4.74. The number of pyridine rings is 1. The lowest BCUT2D eigenvalue weighted by molar-refractivity contribution is -0.119. The molecule has 0 N–H and O–H groups in total. The summed E-state index contributed by atoms with van der Waals surface area (Å²) in [4.78, 5) is 35.9. The molecule has 0 radical (unpaired) electrons. The Hall–Kier alpha value is -3.27. The van der Waals surface area contributed by atoms with Crippen LogP contribution in [0.15, 0.2) is 59.6 Å². The van der Waals surface area contributed by atoms with Gasteiger partial charge in [-0.05, 0) is 86.0 Å². The molecule has 0 saturated carbocycles. The van der Waals surface area contributed by atoms with Crippen LogP contribution in [0.3, 0.4) is 0 Å². The highest BCUT2D eigenvalue weighted by Crippen LogP contribution is 2.38. The molecule has 2 fully saturated rings. The van der Waals surface area contributed by atoms with E-state index in [0.717, 1.165) is 53.0 Å². The Bertz CT molecular complexity index is 1290. The first kappa shape index (κ1) is 24.4. The summed E-state index contributed by atoms with van der Waals surface area (Å²) in [6.07, 6.45) is 5.16. The normalized spacial score (nSPS) is 19.0. The summed E-state index contributed by atoms with van der Waals surface area (Å²) in [5.74, 6) is -0.411. The minimum Gasteiger partial charge on any atom is -0.371 e. The van der Waals surface area contributed by atoms with Gasteiger partial charge < -0.3 is 9.80 Å². The first-order valence-corrected chi connectivity index (χ1v) is 12.7. The minimum atomic E-state index is -4.41. The lowest BCUT2D eigenvalue weighted by atomic mass is 10.0. The van der Waals surface area contributed by atoms with E-state index in [4.69, 9.17) is 0 Å². The number of aromatic nitrogens is 1. The van der Waals surface area contributed by atoms with Gasteiger partial charge in [0.05, 0.1) is 11.2 Å². The number of benzene rings is 2. The first-order valence-electron chi connectivity index (χ1n) is 11.8. The number of carbonyl (C=O) groups excluding carboxylic acids is 2. The van der Waals surface area contributed by atoms with Crippen molar-refractivity contribution in [1.29, 1.82) is 0 Å². The van der Waals surface area contributed by atoms with Crippen molar-refractivity contribution >= 4 is 46.0 Å². The molecule has 2 saturated heterocycles. The number of imide groups is 1. The van der Waals surface area contributed by atoms with Gasteiger partial charge in [0.25, 0.3) is 5.91 Å². The van der Waals surface area contributed by atoms with Crippen molar-refractivity contribution < 1.29 is 22.8 Å². The third-order valence-electron chi connectivity index (χ3n) is 6.68. The van der Waals surface area contributed by atoms with Gasteiger partial charge in [0.1, 0.15) is 6.04 Å². The van der Waals surface area contributed by atoms with Crippen molar-refractivity contribution in [2.75, 3.05) is 22.9 Å². The topological polar surface area (TPSA) is 56.8 Å². The van der Waals surface area contributed by atoms with E-state index in [-0.39, 0.29) is 28.9 Å². The SMILES string of the molecule is CC1C(=O)N(c2ccc(SC(F)(F)F)cc2)C(=O)N1Cc1ccnc2cccc(N3CCCCC3)c12. The van der Waals surface area contributed by atoms with Crippen molar-refractivity contribution in [3.05, 3.63) is 60.3 Å². The lowest BCUT2D eigenvalue weighted by Gasteiger charge is -2.30. The van der Waals surface area contributed by atoms with Crippen LogP contribution in [0.1, 0.15) is 31.7 Å². The fourth-order valence-corrected chi connectivity index (χ4v) is 5.46. The fraction of sp³-hybridized carbons (Fsp3) is 0.346. The van der Waals surface area contributed by atoms with Gasteiger partial charge in [-0.2, -0.15) is 13.2 Å². The second kappa shape index (κ2) is 9.65. The van der Waals surface area contributed by atoms with Crippen LogP contribution in [0, 0.1) is 0 Å². The number of halogens is 3. The predicted molar refractivity (Wildman–Crippen MR) is 134 cm³/mol. The number of anilines is 2. The summed E-state index contributed by atoms with van der Waals surface area (Å²) >= 11 is -0.238. The molecule has 3 aromatic rings. The van der Waals surface area contributed by atoms with E-state index >= 15 is 0 Å². The maximum Gasteiger partial charge on any atom is 0.446 e. The van der Waals surface area contributed by atoms with Crippen molar-refractivity contribution in [3.63, 3.8) is 0 Å². The molecule has 2 aliphatic heterocycles. The van der Waals surface area contributed by atoms with Crippen LogP contribution in [0.25, 0.3) is 10.9 Å². The summed E-state index contributed by atoms with van der Waals surface area (Å²) in [5.41, 5.74) is -1.36. The van der Waals surface area contributed by atoms with Crippen molar-refractivity contribution in [1.82, 2.24) is 9.88 Å². The zero-order valence-corrected chi connectivity index (χ0v) is 20.5. The standard InChI is InChI=1S/C26H25F3N4O2S/c1-17-24(34)33(19-8-10-20(11-9-19)36-26(27,28)29)25(35)32(17)16-18-12-13-30-21-6-5-7-22(23(18)21)31-14-3-2-4-15-31/h5-13,17H,2-4,14-16H2,1H3. The Morgan fingerprint density at radius 2 is 1.72 bits per heavy atom. The number of fused-ring (bicyclic) bond motifs is 1. The summed E-state index contributed by atoms with van der Waals surface area (Å²) in [5, 5.41) is 0.973. The highest BCUT2D eigenvalue weighted by atomic mass is 32.2. The maximum absolute atomic E-state index is 13.4. The number of piperidine rings is 1. The summed E-state index contributed by atoms with van der Waals surface area (Å²) in [7, 11) is 0. The molecule has 36 heavy (non-hydrogen) atoms. The van der Waals surface area contributed by atoms with E-state index in [1.165, 1.54) is 35.6 Å². The largest absolute Gasteiger partial charge is 0.446 e. The molecule has 10 heteroatoms. The Morgan fingerprint density at radius 3 is 2.42 bits per heavy atom. The molecule has 188 valence electrons. The van der Waals surface area contributed by atoms with Gasteiger partial charge >= 0.3 is 11.5 Å². The van der Waals surface area contributed by atoms with E-state index in [0.29, 0.717) is 0 Å². The first-order chi connectivity index (χ1) is 17.2. The third-order valence-corrected chi connectivity index (χ3v) is 7.42. The van der Waals surface area contributed by atoms with Crippen LogP contribution < -0.4 is 9.80 Å². The van der Waals surface area contributed by atoms with Gasteiger partial charge in [-0.25, -0.2) is 9.69 Å². The van der Waals surface area contributed by atoms with Crippen LogP contribution in [0.5, 0.6) is 0 Å². The van der Waals surface area contributed by atoms with Crippen LogP contribution in [0.4, 0.5) is 29.3 Å². The number of carbonyl (C=O) groups is 2. The van der Waals surface area contributed by atoms with Crippen molar-refractivity contribution in [2.45, 2.75) is 49.2 Å². The molecule has 3 amide bonds. The number of rotatable bonds is 5. The molecule has 0 aliphatic carbocycles. The molecule has 1 unspecified atom stereocenters. The maximum atomic E-state index is 13.4. The quantitative estimate of drug-likeness (QED) is 0.300. The molecule has 2 aliphatic rings. The second-order valence-corrected chi connectivity index (χ2v) is 10.1. The number of hydrogen-bond donors (Lipinski definition) is 0. The molecule has 5 rings (SSSR count). The second-order valence-electron chi connectivity index (χ2n) is 8.99. The number of urea groups is 1. The molecule has 1 aromatic heterocycles. The van der Waals surface area contributed by atoms with Gasteiger partial charge in [-0.15, -0.1) is 0 Å². The van der Waals surface area contributed by atoms with Gasteiger partial charge in [-0.3, -0.25) is 9.78 Å². The Morgan fingerprint density at radius 1 is 1.00 bits per heavy atom. The van der Waals surface area contributed by atoms with Crippen molar-refractivity contribution in [2.24, 2.45) is 0 Å². The van der Waals surface area contributed by atoms with Crippen LogP contribution >= 0.6 is 11.8 Å². The molecule has 1 atom stereocenters. The Balaban J connectivity index is 1.44. The number of hydrogen-bond acceptors (Lipinski definition) is 5. The smallest absolute Gasteiger partial charge is 0.371 e. The van der Waals surface area contributed by atoms with E-state index in [1.54, 1.807) is 13.1 Å². The number of nitrogens with zero attached hydrogens (tertiary/aromatic N) is 4. The van der Waals surface area contributed by atoms with Crippen molar-refractivity contribution in [3.8, 4) is 0 Å². The average molecular weight is 515 g/mol. The van der Waals surface area contributed by atoms with E-state index in [1.807, 2.05) is 18.2 Å². The van der Waals surface area contributed by atoms with Crippen LogP contribution in [0.2, 0.25) is 0 Å². The molecule has 6 nitrogen and oxygen atoms in total. The molecular formula is C26H25F3N4O2S. The number of amides is 3. The summed E-state index contributed by atoms with van der Waals surface area (Å²) < 4.78 is 38.0. The molecule has 2 aromatic carbocycles. The highest BCUT2D eigenvalue weighted by Gasteiger charge is 2.43. The average Bonchev–Trinajstić information content (AvgIpc) is 3.07. The van der Waals surface area contributed by atoms with Gasteiger partial charge in [0.2, 0.25) is 0 Å². The molecule has 3 heterocycles. The summed E-state index contributed by atoms with van der Waals surface area (Å²) in [6, 6.07) is 11.9. The van der Waals surface area contributed by atoms with Gasteiger partial charge in [0.15, 0.2) is 0 Å². The van der Waals surface area contributed by atoms with E-state index in [9.17, 15) is 22.8 Å². The zero-order chi connectivity index (χ0) is 25.4. The van der Waals surface area contributed by atoms with Gasteiger partial charge in [0, 0.05) is 41.8 Å². The lowest BCUT2D eigenvalue weighted by Crippen LogP contribution is -2.34. The summed E-state index contributed by atoms with van der Waals surface area (Å²) in [6.45, 7) is 3.81. The Kier molecular flexibility index (Phi) is 6.55. The molecule has 0 spiro atoms.